The molecule has 0 amide bonds. The molecule has 1 radical (unpaired) electrons. The lowest BCUT2D eigenvalue weighted by Gasteiger charge is -1.70. The van der Waals surface area contributed by atoms with E-state index >= 15 is 0 Å². The fourth-order valence-electron chi connectivity index (χ4n) is 0.357. The van der Waals surface area contributed by atoms with E-state index in [9.17, 15) is 0 Å². The molecule has 0 aromatic carbocycles. The first kappa shape index (κ1) is 4.72. The molecule has 8 heavy (non-hydrogen) atoms. The first-order valence-electron chi connectivity index (χ1n) is 2.10. The fourth-order valence-corrected chi connectivity index (χ4v) is 0.357. The third-order valence-electron chi connectivity index (χ3n) is 0.666. The molecule has 37 valence electrons. The van der Waals surface area contributed by atoms with Gasteiger partial charge in [0.25, 0.3) is 0 Å². The van der Waals surface area contributed by atoms with E-state index in [1.807, 2.05) is 0 Å². The van der Waals surface area contributed by atoms with Crippen molar-refractivity contribution >= 4 is 12.1 Å². The van der Waals surface area contributed by atoms with Crippen molar-refractivity contribution in [2.75, 3.05) is 0 Å². The molecule has 1 rings (SSSR count). The SMILES string of the molecule is N#CC1=[N+]C=CC=N1. The van der Waals surface area contributed by atoms with Crippen molar-refractivity contribution in [2.24, 2.45) is 4.99 Å². The maximum atomic E-state index is 8.16. The van der Waals surface area contributed by atoms with Crippen molar-refractivity contribution in [3.05, 3.63) is 12.3 Å². The zero-order valence-electron chi connectivity index (χ0n) is 4.07. The van der Waals surface area contributed by atoms with Gasteiger partial charge < -0.3 is 0 Å². The average Bonchev–Trinajstić information content (AvgIpc) is 1.90. The number of allylic oxidation sites excluding steroid dienone is 1. The summed E-state index contributed by atoms with van der Waals surface area (Å²) in [5, 5.41) is 8.16. The van der Waals surface area contributed by atoms with Crippen LogP contribution in [0.2, 0.25) is 0 Å². The molecular formula is C5H3N3+. The number of rotatable bonds is 0. The van der Waals surface area contributed by atoms with E-state index in [-0.39, 0.29) is 5.84 Å². The van der Waals surface area contributed by atoms with Gasteiger partial charge in [-0.15, -0.1) is 0 Å². The average molecular weight is 105 g/mol. The van der Waals surface area contributed by atoms with Crippen LogP contribution in [0, 0.1) is 11.3 Å². The molecule has 1 aliphatic heterocycles. The van der Waals surface area contributed by atoms with Gasteiger partial charge in [-0.05, 0) is 9.98 Å². The monoisotopic (exact) mass is 105 g/mol. The summed E-state index contributed by atoms with van der Waals surface area (Å²) in [5.74, 6) is 0.215. The van der Waals surface area contributed by atoms with Gasteiger partial charge in [0.05, 0.1) is 0 Å². The van der Waals surface area contributed by atoms with Gasteiger partial charge in [0.1, 0.15) is 12.4 Å². The Labute approximate surface area is 46.7 Å². The van der Waals surface area contributed by atoms with E-state index in [0.29, 0.717) is 0 Å². The number of aliphatic imine (C=N–C) groups is 2. The van der Waals surface area contributed by atoms with Crippen LogP contribution in [0.5, 0.6) is 0 Å². The molecule has 0 N–H and O–H groups in total. The summed E-state index contributed by atoms with van der Waals surface area (Å²) in [6.07, 6.45) is 4.73. The molecule has 0 fully saturated rings. The summed E-state index contributed by atoms with van der Waals surface area (Å²) in [4.78, 5) is 7.25. The smallest absolute Gasteiger partial charge is 0.184 e. The van der Waals surface area contributed by atoms with Crippen LogP contribution in [0.25, 0.3) is 0 Å². The molecule has 0 aromatic rings. The normalized spacial score (nSPS) is 15.1. The third-order valence-corrected chi connectivity index (χ3v) is 0.666. The second-order valence-electron chi connectivity index (χ2n) is 1.18. The van der Waals surface area contributed by atoms with Crippen molar-refractivity contribution < 1.29 is 0 Å². The first-order chi connectivity index (χ1) is 3.93. The molecule has 0 atom stereocenters. The van der Waals surface area contributed by atoms with Gasteiger partial charge in [-0.3, -0.25) is 0 Å². The quantitative estimate of drug-likeness (QED) is 0.422. The number of hydrogen-bond acceptors (Lipinski definition) is 3. The molecule has 3 nitrogen and oxygen atoms in total. The van der Waals surface area contributed by atoms with Crippen molar-refractivity contribution in [2.45, 2.75) is 0 Å². The molecule has 0 saturated carbocycles. The number of amidine groups is 1. The summed E-state index contributed by atoms with van der Waals surface area (Å²) in [7, 11) is 0. The second-order valence-corrected chi connectivity index (χ2v) is 1.18. The van der Waals surface area contributed by atoms with E-state index < -0.39 is 0 Å². The van der Waals surface area contributed by atoms with E-state index in [1.165, 1.54) is 12.4 Å². The fraction of sp³-hybridized carbons (Fsp3) is 0. The van der Waals surface area contributed by atoms with Crippen LogP contribution < -0.4 is 4.99 Å². The van der Waals surface area contributed by atoms with Gasteiger partial charge in [-0.25, -0.2) is 0 Å². The topological polar surface area (TPSA) is 50.2 Å². The van der Waals surface area contributed by atoms with Crippen LogP contribution in [-0.2, 0) is 0 Å². The lowest BCUT2D eigenvalue weighted by Crippen LogP contribution is -2.00. The molecule has 1 aliphatic rings. The van der Waals surface area contributed by atoms with Gasteiger partial charge >= 0.3 is 5.84 Å². The summed E-state index contributed by atoms with van der Waals surface area (Å²) in [5.41, 5.74) is 0. The minimum atomic E-state index is 0.215. The van der Waals surface area contributed by atoms with Crippen LogP contribution in [0.4, 0.5) is 0 Å². The highest BCUT2D eigenvalue weighted by molar-refractivity contribution is 6.03. The Kier molecular flexibility index (Phi) is 1.20. The Morgan fingerprint density at radius 1 is 1.75 bits per heavy atom. The van der Waals surface area contributed by atoms with Gasteiger partial charge in [-0.1, -0.05) is 0 Å². The lowest BCUT2D eigenvalue weighted by atomic mass is 10.5. The van der Waals surface area contributed by atoms with Gasteiger partial charge in [0, 0.05) is 6.08 Å². The molecule has 0 spiro atoms. The molecule has 3 heteroatoms. The summed E-state index contributed by atoms with van der Waals surface area (Å²) in [6, 6.07) is 1.80. The summed E-state index contributed by atoms with van der Waals surface area (Å²) >= 11 is 0. The van der Waals surface area contributed by atoms with Gasteiger partial charge in [0.2, 0.25) is 0 Å². The van der Waals surface area contributed by atoms with Crippen molar-refractivity contribution in [3.63, 3.8) is 0 Å². The van der Waals surface area contributed by atoms with E-state index in [0.717, 1.165) is 0 Å². The highest BCUT2D eigenvalue weighted by Crippen LogP contribution is 1.77. The number of nitrogens with zero attached hydrogens (tertiary/aromatic N) is 3. The third kappa shape index (κ3) is 0.793. The zero-order chi connectivity index (χ0) is 5.82. The Morgan fingerprint density at radius 2 is 2.62 bits per heavy atom. The maximum absolute atomic E-state index is 8.16. The Morgan fingerprint density at radius 3 is 3.00 bits per heavy atom. The predicted molar refractivity (Wildman–Crippen MR) is 30.4 cm³/mol. The predicted octanol–water partition coefficient (Wildman–Crippen LogP) is -0.158. The molecule has 0 unspecified atom stereocenters. The van der Waals surface area contributed by atoms with Crippen LogP contribution >= 0.6 is 0 Å². The Balaban J connectivity index is 2.88. The van der Waals surface area contributed by atoms with Crippen LogP contribution in [0.15, 0.2) is 17.3 Å². The first-order valence-corrected chi connectivity index (χ1v) is 2.10. The van der Waals surface area contributed by atoms with E-state index in [2.05, 4.69) is 9.98 Å². The van der Waals surface area contributed by atoms with Crippen molar-refractivity contribution in [1.29, 1.82) is 5.26 Å². The van der Waals surface area contributed by atoms with E-state index in [4.69, 9.17) is 5.26 Å². The van der Waals surface area contributed by atoms with Crippen LogP contribution in [-0.4, -0.2) is 12.1 Å². The molecule has 1 heterocycles. The van der Waals surface area contributed by atoms with Crippen molar-refractivity contribution in [1.82, 2.24) is 4.99 Å². The number of hydrogen-bond donors (Lipinski definition) is 0. The minimum Gasteiger partial charge on any atom is -0.184 e. The minimum absolute atomic E-state index is 0.215. The molecule has 0 aromatic heterocycles. The summed E-state index contributed by atoms with van der Waals surface area (Å²) in [6.45, 7) is 0. The second kappa shape index (κ2) is 2.03. The Hall–Kier alpha value is -1.43. The molecular weight excluding hydrogens is 102 g/mol. The molecule has 0 bridgehead atoms. The van der Waals surface area contributed by atoms with Crippen LogP contribution in [0.1, 0.15) is 0 Å². The zero-order valence-corrected chi connectivity index (χ0v) is 4.07. The van der Waals surface area contributed by atoms with Crippen molar-refractivity contribution in [3.8, 4) is 6.07 Å². The molecule has 0 aliphatic carbocycles. The summed E-state index contributed by atoms with van der Waals surface area (Å²) < 4.78 is 0. The van der Waals surface area contributed by atoms with Gasteiger partial charge in [0.15, 0.2) is 6.07 Å². The number of nitriles is 1. The van der Waals surface area contributed by atoms with Crippen LogP contribution in [0.3, 0.4) is 0 Å². The largest absolute Gasteiger partial charge is 0.444 e. The van der Waals surface area contributed by atoms with E-state index in [1.54, 1.807) is 12.1 Å². The standard InChI is InChI=1S/C5H3N3/c6-4-5-7-2-1-3-8-5/h1-3H/q+1. The highest BCUT2D eigenvalue weighted by Gasteiger charge is 2.04. The molecule has 0 saturated heterocycles. The Bertz CT molecular complexity index is 204. The highest BCUT2D eigenvalue weighted by atomic mass is 14.9. The van der Waals surface area contributed by atoms with Gasteiger partial charge in [-0.2, -0.15) is 5.26 Å². The maximum Gasteiger partial charge on any atom is 0.444 e. The lowest BCUT2D eigenvalue weighted by molar-refractivity contribution is 1.33.